The summed E-state index contributed by atoms with van der Waals surface area (Å²) in [5, 5.41) is 3.24. The van der Waals surface area contributed by atoms with Gasteiger partial charge in [-0.3, -0.25) is 9.78 Å². The normalized spacial score (nSPS) is 15.3. The molecule has 0 saturated carbocycles. The Morgan fingerprint density at radius 2 is 1.72 bits per heavy atom. The van der Waals surface area contributed by atoms with Gasteiger partial charge in [0.25, 0.3) is 0 Å². The van der Waals surface area contributed by atoms with Crippen LogP contribution in [-0.4, -0.2) is 42.0 Å². The molecule has 2 aromatic carbocycles. The zero-order valence-corrected chi connectivity index (χ0v) is 19.5. The molecule has 1 N–H and O–H groups in total. The first-order valence-electron chi connectivity index (χ1n) is 11.8. The summed E-state index contributed by atoms with van der Waals surface area (Å²) in [5.74, 6) is -1.10. The molecule has 1 aromatic heterocycles. The van der Waals surface area contributed by atoms with E-state index in [1.165, 1.54) is 30.3 Å². The average molecular weight is 502 g/mol. The highest BCUT2D eigenvalue weighted by Crippen LogP contribution is 2.36. The highest BCUT2D eigenvalue weighted by molar-refractivity contribution is 5.80. The number of piperidine rings is 1. The van der Waals surface area contributed by atoms with Gasteiger partial charge in [-0.1, -0.05) is 30.3 Å². The van der Waals surface area contributed by atoms with Crippen LogP contribution in [0.1, 0.15) is 35.7 Å². The topological polar surface area (TPSA) is 54.5 Å². The van der Waals surface area contributed by atoms with E-state index in [4.69, 9.17) is 4.74 Å². The molecule has 4 rings (SSSR count). The Morgan fingerprint density at radius 3 is 2.39 bits per heavy atom. The minimum Gasteiger partial charge on any atom is -0.491 e. The lowest BCUT2D eigenvalue weighted by Gasteiger charge is -2.35. The van der Waals surface area contributed by atoms with Crippen LogP contribution in [-0.2, 0) is 11.0 Å². The smallest absolute Gasteiger partial charge is 0.419 e. The van der Waals surface area contributed by atoms with Gasteiger partial charge in [0.1, 0.15) is 18.2 Å². The fraction of sp³-hybridized carbons (Fsp3) is 0.333. The van der Waals surface area contributed by atoms with Gasteiger partial charge in [0.15, 0.2) is 0 Å². The molecular weight excluding hydrogens is 474 g/mol. The van der Waals surface area contributed by atoms with Crippen LogP contribution in [0.4, 0.5) is 17.6 Å². The van der Waals surface area contributed by atoms with Gasteiger partial charge in [0.2, 0.25) is 5.91 Å². The van der Waals surface area contributed by atoms with Gasteiger partial charge in [0.05, 0.1) is 23.8 Å². The lowest BCUT2D eigenvalue weighted by atomic mass is 9.93. The van der Waals surface area contributed by atoms with Gasteiger partial charge in [-0.15, -0.1) is 0 Å². The van der Waals surface area contributed by atoms with E-state index in [0.717, 1.165) is 6.07 Å². The predicted molar refractivity (Wildman–Crippen MR) is 127 cm³/mol. The molecule has 9 heteroatoms. The second-order valence-electron chi connectivity index (χ2n) is 8.61. The number of nitrogens with zero attached hydrogens (tertiary/aromatic N) is 2. The molecule has 0 radical (unpaired) electrons. The zero-order valence-electron chi connectivity index (χ0n) is 19.5. The lowest BCUT2D eigenvalue weighted by Crippen LogP contribution is -2.45. The average Bonchev–Trinajstić information content (AvgIpc) is 2.89. The van der Waals surface area contributed by atoms with Crippen LogP contribution in [0.3, 0.4) is 0 Å². The Hall–Kier alpha value is -3.46. The molecule has 1 aliphatic rings. The van der Waals surface area contributed by atoms with Gasteiger partial charge >= 0.3 is 6.18 Å². The molecular formula is C27H27F4N3O2. The molecule has 1 fully saturated rings. The first kappa shape index (κ1) is 25.6. The summed E-state index contributed by atoms with van der Waals surface area (Å²) in [7, 11) is 0. The molecule has 1 aliphatic heterocycles. The van der Waals surface area contributed by atoms with E-state index < -0.39 is 23.6 Å². The van der Waals surface area contributed by atoms with Crippen molar-refractivity contribution in [1.82, 2.24) is 15.2 Å². The van der Waals surface area contributed by atoms with Crippen LogP contribution in [0, 0.1) is 11.7 Å². The summed E-state index contributed by atoms with van der Waals surface area (Å²) in [6.45, 7) is 1.26. The first-order chi connectivity index (χ1) is 17.3. The number of amides is 1. The Bertz CT molecular complexity index is 1130. The summed E-state index contributed by atoms with van der Waals surface area (Å²) >= 11 is 0. The second-order valence-corrected chi connectivity index (χ2v) is 8.61. The number of hydrogen-bond acceptors (Lipinski definition) is 4. The van der Waals surface area contributed by atoms with Crippen molar-refractivity contribution in [2.24, 2.45) is 5.92 Å². The Morgan fingerprint density at radius 1 is 1.03 bits per heavy atom. The third-order valence-corrected chi connectivity index (χ3v) is 6.22. The number of aromatic nitrogens is 1. The van der Waals surface area contributed by atoms with Crippen LogP contribution in [0.2, 0.25) is 0 Å². The molecule has 0 spiro atoms. The first-order valence-corrected chi connectivity index (χ1v) is 11.8. The largest absolute Gasteiger partial charge is 0.491 e. The summed E-state index contributed by atoms with van der Waals surface area (Å²) in [6, 6.07) is 15.5. The van der Waals surface area contributed by atoms with Crippen molar-refractivity contribution in [1.29, 1.82) is 0 Å². The van der Waals surface area contributed by atoms with E-state index in [-0.39, 0.29) is 30.7 Å². The van der Waals surface area contributed by atoms with Crippen molar-refractivity contribution in [2.75, 3.05) is 26.2 Å². The standard InChI is InChI=1S/C27H27F4N3O2/c28-21-10-8-19(9-11-21)25(23-6-3-4-14-33-23)34(26(35)20-12-15-32-16-13-20)17-18-36-24-7-2-1-5-22(24)27(29,30)31/h1-11,14,20,25,32H,12-13,15-18H2/t25-/m0/s1. The van der Waals surface area contributed by atoms with Crippen LogP contribution >= 0.6 is 0 Å². The number of carbonyl (C=O) groups is 1. The minimum atomic E-state index is -4.56. The fourth-order valence-electron chi connectivity index (χ4n) is 4.44. The number of ether oxygens (including phenoxy) is 1. The minimum absolute atomic E-state index is 0.0214. The number of benzene rings is 2. The van der Waals surface area contributed by atoms with Gasteiger partial charge in [-0.05, 0) is 67.9 Å². The highest BCUT2D eigenvalue weighted by atomic mass is 19.4. The number of para-hydroxylation sites is 1. The van der Waals surface area contributed by atoms with Crippen molar-refractivity contribution in [2.45, 2.75) is 25.1 Å². The number of hydrogen-bond donors (Lipinski definition) is 1. The van der Waals surface area contributed by atoms with Crippen molar-refractivity contribution in [3.8, 4) is 5.75 Å². The van der Waals surface area contributed by atoms with E-state index in [2.05, 4.69) is 10.3 Å². The third kappa shape index (κ3) is 6.20. The van der Waals surface area contributed by atoms with Gasteiger partial charge in [-0.2, -0.15) is 13.2 Å². The van der Waals surface area contributed by atoms with E-state index in [1.54, 1.807) is 41.4 Å². The molecule has 2 heterocycles. The maximum absolute atomic E-state index is 13.8. The van der Waals surface area contributed by atoms with Crippen molar-refractivity contribution >= 4 is 5.91 Å². The van der Waals surface area contributed by atoms with Crippen LogP contribution in [0.25, 0.3) is 0 Å². The second kappa shape index (κ2) is 11.5. The molecule has 1 atom stereocenters. The SMILES string of the molecule is O=C(C1CCNCC1)N(CCOc1ccccc1C(F)(F)F)[C@@H](c1ccc(F)cc1)c1ccccn1. The highest BCUT2D eigenvalue weighted by Gasteiger charge is 2.35. The zero-order chi connectivity index (χ0) is 25.5. The van der Waals surface area contributed by atoms with E-state index in [1.807, 2.05) is 0 Å². The van der Waals surface area contributed by atoms with Crippen LogP contribution in [0.5, 0.6) is 5.75 Å². The monoisotopic (exact) mass is 501 g/mol. The predicted octanol–water partition coefficient (Wildman–Crippen LogP) is 5.24. The number of nitrogens with one attached hydrogen (secondary N) is 1. The number of pyridine rings is 1. The summed E-state index contributed by atoms with van der Waals surface area (Å²) < 4.78 is 59.5. The number of alkyl halides is 3. The quantitative estimate of drug-likeness (QED) is 0.429. The van der Waals surface area contributed by atoms with E-state index >= 15 is 0 Å². The van der Waals surface area contributed by atoms with Crippen molar-refractivity contribution < 1.29 is 27.1 Å². The van der Waals surface area contributed by atoms with Gasteiger partial charge < -0.3 is 15.0 Å². The maximum Gasteiger partial charge on any atom is 0.419 e. The van der Waals surface area contributed by atoms with Gasteiger partial charge in [0, 0.05) is 12.1 Å². The van der Waals surface area contributed by atoms with E-state index in [0.29, 0.717) is 37.2 Å². The van der Waals surface area contributed by atoms with E-state index in [9.17, 15) is 22.4 Å². The lowest BCUT2D eigenvalue weighted by molar-refractivity contribution is -0.141. The maximum atomic E-state index is 13.8. The van der Waals surface area contributed by atoms with Gasteiger partial charge in [-0.25, -0.2) is 4.39 Å². The Balaban J connectivity index is 1.65. The van der Waals surface area contributed by atoms with Crippen molar-refractivity contribution in [3.63, 3.8) is 0 Å². The summed E-state index contributed by atoms with van der Waals surface area (Å²) in [5.41, 5.74) is 0.344. The molecule has 1 amide bonds. The number of rotatable bonds is 8. The summed E-state index contributed by atoms with van der Waals surface area (Å²) in [6.07, 6.45) is -1.67. The fourth-order valence-corrected chi connectivity index (χ4v) is 4.44. The Labute approximate surface area is 207 Å². The molecule has 0 bridgehead atoms. The Kier molecular flexibility index (Phi) is 8.20. The molecule has 1 saturated heterocycles. The molecule has 36 heavy (non-hydrogen) atoms. The number of halogens is 4. The molecule has 0 unspecified atom stereocenters. The molecule has 0 aliphatic carbocycles. The van der Waals surface area contributed by atoms with Crippen molar-refractivity contribution in [3.05, 3.63) is 95.6 Å². The number of carbonyl (C=O) groups excluding carboxylic acids is 1. The van der Waals surface area contributed by atoms with Crippen LogP contribution < -0.4 is 10.1 Å². The third-order valence-electron chi connectivity index (χ3n) is 6.22. The molecule has 3 aromatic rings. The molecule has 5 nitrogen and oxygen atoms in total. The molecule has 190 valence electrons. The van der Waals surface area contributed by atoms with Crippen LogP contribution in [0.15, 0.2) is 72.9 Å². The summed E-state index contributed by atoms with van der Waals surface area (Å²) in [4.78, 5) is 19.8.